The molecule has 6 nitrogen and oxygen atoms in total. The van der Waals surface area contributed by atoms with E-state index >= 15 is 0 Å². The molecule has 2 aromatic rings. The number of ether oxygens (including phenoxy) is 1. The number of imide groups is 1. The standard InChI is InChI=1S/C22H21ClN2O4S/c1-3-14(2)29-18-10-4-15(5-11-18)12-19-21(27)25(22(28)30-19)13-20(26)24-17-8-6-16(23)7-9-17/h4-12,14H,3,13H2,1-2H3,(H,24,26)/b19-12-/t14-/m1/s1. The van der Waals surface area contributed by atoms with Crippen LogP contribution in [-0.4, -0.2) is 34.6 Å². The summed E-state index contributed by atoms with van der Waals surface area (Å²) in [5.41, 5.74) is 1.30. The van der Waals surface area contributed by atoms with Crippen molar-refractivity contribution in [3.05, 3.63) is 64.0 Å². The van der Waals surface area contributed by atoms with Gasteiger partial charge in [-0.2, -0.15) is 0 Å². The Labute approximate surface area is 184 Å². The van der Waals surface area contributed by atoms with Gasteiger partial charge in [-0.05, 0) is 73.1 Å². The van der Waals surface area contributed by atoms with Gasteiger partial charge >= 0.3 is 0 Å². The Morgan fingerprint density at radius 3 is 2.47 bits per heavy atom. The highest BCUT2D eigenvalue weighted by atomic mass is 35.5. The molecule has 1 aliphatic rings. The lowest BCUT2D eigenvalue weighted by Crippen LogP contribution is -2.36. The van der Waals surface area contributed by atoms with Crippen molar-refractivity contribution in [2.75, 3.05) is 11.9 Å². The molecule has 0 aromatic heterocycles. The molecule has 0 spiro atoms. The largest absolute Gasteiger partial charge is 0.491 e. The van der Waals surface area contributed by atoms with Crippen molar-refractivity contribution < 1.29 is 19.1 Å². The predicted octanol–water partition coefficient (Wildman–Crippen LogP) is 5.19. The van der Waals surface area contributed by atoms with Crippen molar-refractivity contribution in [2.45, 2.75) is 26.4 Å². The zero-order valence-corrected chi connectivity index (χ0v) is 18.1. The van der Waals surface area contributed by atoms with Crippen molar-refractivity contribution in [1.29, 1.82) is 0 Å². The summed E-state index contributed by atoms with van der Waals surface area (Å²) in [6.45, 7) is 3.68. The third-order valence-electron chi connectivity index (χ3n) is 4.39. The van der Waals surface area contributed by atoms with Crippen LogP contribution >= 0.6 is 23.4 Å². The molecule has 1 atom stereocenters. The van der Waals surface area contributed by atoms with Crippen LogP contribution in [-0.2, 0) is 9.59 Å². The van der Waals surface area contributed by atoms with Gasteiger partial charge in [0.15, 0.2) is 0 Å². The molecule has 1 heterocycles. The van der Waals surface area contributed by atoms with Crippen LogP contribution in [0.3, 0.4) is 0 Å². The molecule has 30 heavy (non-hydrogen) atoms. The van der Waals surface area contributed by atoms with Crippen LogP contribution in [0, 0.1) is 0 Å². The molecule has 3 amide bonds. The summed E-state index contributed by atoms with van der Waals surface area (Å²) >= 11 is 6.63. The Hall–Kier alpha value is -2.77. The molecule has 0 radical (unpaired) electrons. The maximum absolute atomic E-state index is 12.6. The van der Waals surface area contributed by atoms with Gasteiger partial charge in [0.1, 0.15) is 12.3 Å². The third kappa shape index (κ3) is 5.64. The number of nitrogens with zero attached hydrogens (tertiary/aromatic N) is 1. The number of rotatable bonds is 7. The number of hydrogen-bond donors (Lipinski definition) is 1. The fourth-order valence-electron chi connectivity index (χ4n) is 2.62. The summed E-state index contributed by atoms with van der Waals surface area (Å²) in [6.07, 6.45) is 2.65. The second kappa shape index (κ2) is 9.82. The van der Waals surface area contributed by atoms with Crippen LogP contribution in [0.2, 0.25) is 5.02 Å². The molecule has 1 fully saturated rings. The van der Waals surface area contributed by atoms with E-state index in [9.17, 15) is 14.4 Å². The van der Waals surface area contributed by atoms with Crippen molar-refractivity contribution in [2.24, 2.45) is 0 Å². The number of carbonyl (C=O) groups is 3. The van der Waals surface area contributed by atoms with Crippen LogP contribution in [0.25, 0.3) is 6.08 Å². The molecule has 156 valence electrons. The van der Waals surface area contributed by atoms with Crippen molar-refractivity contribution in [3.63, 3.8) is 0 Å². The zero-order chi connectivity index (χ0) is 21.7. The first-order valence-electron chi connectivity index (χ1n) is 9.43. The lowest BCUT2D eigenvalue weighted by Gasteiger charge is -2.12. The summed E-state index contributed by atoms with van der Waals surface area (Å²) in [6, 6.07) is 13.8. The Kier molecular flexibility index (Phi) is 7.18. The molecular weight excluding hydrogens is 424 g/mol. The van der Waals surface area contributed by atoms with E-state index in [0.717, 1.165) is 34.4 Å². The summed E-state index contributed by atoms with van der Waals surface area (Å²) in [5, 5.41) is 2.71. The van der Waals surface area contributed by atoms with Crippen molar-refractivity contribution in [1.82, 2.24) is 4.90 Å². The molecule has 0 saturated carbocycles. The minimum atomic E-state index is -0.490. The van der Waals surface area contributed by atoms with Gasteiger partial charge < -0.3 is 10.1 Å². The van der Waals surface area contributed by atoms with E-state index in [1.807, 2.05) is 38.1 Å². The Bertz CT molecular complexity index is 974. The van der Waals surface area contributed by atoms with E-state index in [-0.39, 0.29) is 17.6 Å². The first-order valence-corrected chi connectivity index (χ1v) is 10.6. The van der Waals surface area contributed by atoms with Crippen LogP contribution in [0.15, 0.2) is 53.4 Å². The predicted molar refractivity (Wildman–Crippen MR) is 120 cm³/mol. The summed E-state index contributed by atoms with van der Waals surface area (Å²) < 4.78 is 5.74. The van der Waals surface area contributed by atoms with E-state index in [4.69, 9.17) is 16.3 Å². The van der Waals surface area contributed by atoms with Gasteiger partial charge in [0, 0.05) is 10.7 Å². The number of thioether (sulfide) groups is 1. The quantitative estimate of drug-likeness (QED) is 0.594. The molecule has 2 aromatic carbocycles. The molecule has 0 aliphatic carbocycles. The van der Waals surface area contributed by atoms with E-state index in [2.05, 4.69) is 5.32 Å². The molecular formula is C22H21ClN2O4S. The highest BCUT2D eigenvalue weighted by molar-refractivity contribution is 8.18. The second-order valence-electron chi connectivity index (χ2n) is 6.73. The normalized spacial score (nSPS) is 16.1. The van der Waals surface area contributed by atoms with Crippen molar-refractivity contribution >= 4 is 52.2 Å². The number of nitrogens with one attached hydrogen (secondary N) is 1. The fraction of sp³-hybridized carbons (Fsp3) is 0.227. The van der Waals surface area contributed by atoms with Gasteiger partial charge in [-0.15, -0.1) is 0 Å². The van der Waals surface area contributed by atoms with Gasteiger partial charge in [0.2, 0.25) is 5.91 Å². The molecule has 0 unspecified atom stereocenters. The number of carbonyl (C=O) groups excluding carboxylic acids is 3. The smallest absolute Gasteiger partial charge is 0.294 e. The lowest BCUT2D eigenvalue weighted by atomic mass is 10.2. The maximum Gasteiger partial charge on any atom is 0.294 e. The SMILES string of the molecule is CC[C@@H](C)Oc1ccc(/C=C2\SC(=O)N(CC(=O)Nc3ccc(Cl)cc3)C2=O)cc1. The molecule has 8 heteroatoms. The van der Waals surface area contributed by atoms with Gasteiger partial charge in [-0.3, -0.25) is 19.3 Å². The van der Waals surface area contributed by atoms with Crippen LogP contribution < -0.4 is 10.1 Å². The monoisotopic (exact) mass is 444 g/mol. The minimum Gasteiger partial charge on any atom is -0.491 e. The summed E-state index contributed by atoms with van der Waals surface area (Å²) in [7, 11) is 0. The topological polar surface area (TPSA) is 75.7 Å². The lowest BCUT2D eigenvalue weighted by molar-refractivity contribution is -0.127. The van der Waals surface area contributed by atoms with E-state index in [1.165, 1.54) is 0 Å². The molecule has 1 saturated heterocycles. The second-order valence-corrected chi connectivity index (χ2v) is 8.16. The number of amides is 3. The van der Waals surface area contributed by atoms with Crippen LogP contribution in [0.5, 0.6) is 5.75 Å². The molecule has 1 aliphatic heterocycles. The Morgan fingerprint density at radius 1 is 1.17 bits per heavy atom. The number of anilines is 1. The van der Waals surface area contributed by atoms with E-state index in [1.54, 1.807) is 30.3 Å². The third-order valence-corrected chi connectivity index (χ3v) is 5.55. The molecule has 1 N–H and O–H groups in total. The highest BCUT2D eigenvalue weighted by Gasteiger charge is 2.36. The number of halogens is 1. The molecule has 0 bridgehead atoms. The summed E-state index contributed by atoms with van der Waals surface area (Å²) in [4.78, 5) is 38.3. The van der Waals surface area contributed by atoms with E-state index in [0.29, 0.717) is 10.7 Å². The average Bonchev–Trinajstić information content (AvgIpc) is 2.98. The Morgan fingerprint density at radius 2 is 1.83 bits per heavy atom. The molecule has 3 rings (SSSR count). The van der Waals surface area contributed by atoms with Crippen LogP contribution in [0.4, 0.5) is 10.5 Å². The first kappa shape index (κ1) is 21.9. The highest BCUT2D eigenvalue weighted by Crippen LogP contribution is 2.32. The van der Waals surface area contributed by atoms with Crippen molar-refractivity contribution in [3.8, 4) is 5.75 Å². The first-order chi connectivity index (χ1) is 14.4. The van der Waals surface area contributed by atoms with Gasteiger partial charge in [0.05, 0.1) is 11.0 Å². The average molecular weight is 445 g/mol. The van der Waals surface area contributed by atoms with Gasteiger partial charge in [-0.1, -0.05) is 30.7 Å². The minimum absolute atomic E-state index is 0.117. The van der Waals surface area contributed by atoms with Gasteiger partial charge in [-0.25, -0.2) is 0 Å². The Balaban J connectivity index is 1.63. The number of hydrogen-bond acceptors (Lipinski definition) is 5. The fourth-order valence-corrected chi connectivity index (χ4v) is 3.59. The zero-order valence-electron chi connectivity index (χ0n) is 16.6. The number of benzene rings is 2. The maximum atomic E-state index is 12.6. The van der Waals surface area contributed by atoms with E-state index < -0.39 is 17.1 Å². The van der Waals surface area contributed by atoms with Crippen LogP contribution in [0.1, 0.15) is 25.8 Å². The van der Waals surface area contributed by atoms with Gasteiger partial charge in [0.25, 0.3) is 11.1 Å². The summed E-state index contributed by atoms with van der Waals surface area (Å²) in [5.74, 6) is -0.211.